The van der Waals surface area contributed by atoms with Crippen LogP contribution in [0.15, 0.2) is 0 Å². The predicted molar refractivity (Wildman–Crippen MR) is 39.1 cm³/mol. The Balaban J connectivity index is 0. The van der Waals surface area contributed by atoms with Gasteiger partial charge in [0.1, 0.15) is 10.9 Å². The van der Waals surface area contributed by atoms with Crippen LogP contribution < -0.4 is 0 Å². The number of ether oxygens (including phenoxy) is 1. The van der Waals surface area contributed by atoms with E-state index in [1.54, 1.807) is 0 Å². The first-order chi connectivity index (χ1) is 3.95. The van der Waals surface area contributed by atoms with Crippen molar-refractivity contribution in [1.82, 2.24) is 0 Å². The van der Waals surface area contributed by atoms with Crippen molar-refractivity contribution in [2.45, 2.75) is 26.4 Å². The quantitative estimate of drug-likeness (QED) is 0.531. The minimum absolute atomic E-state index is 0. The molecule has 0 saturated carbocycles. The summed E-state index contributed by atoms with van der Waals surface area (Å²) < 4.78 is 4.85. The predicted octanol–water partition coefficient (Wildman–Crippen LogP) is 1.88. The Kier molecular flexibility index (Phi) is 6.93. The summed E-state index contributed by atoms with van der Waals surface area (Å²) in [6.45, 7) is 5.46. The molecule has 0 aromatic carbocycles. The van der Waals surface area contributed by atoms with Gasteiger partial charge >= 0.3 is 5.97 Å². The molecule has 0 aromatic heterocycles. The normalized spacial score (nSPS) is 10.0. The van der Waals surface area contributed by atoms with Crippen molar-refractivity contribution in [2.24, 2.45) is 0 Å². The first kappa shape index (κ1) is 13.2. The minimum atomic E-state index is -0.388. The molecule has 0 fully saturated rings. The molecule has 0 rings (SSSR count). The van der Waals surface area contributed by atoms with E-state index in [9.17, 15) is 4.79 Å². The first-order valence-electron chi connectivity index (χ1n) is 2.62. The van der Waals surface area contributed by atoms with Crippen molar-refractivity contribution in [3.8, 4) is 0 Å². The van der Waals surface area contributed by atoms with Crippen LogP contribution in [0.1, 0.15) is 20.8 Å². The van der Waals surface area contributed by atoms with E-state index in [1.807, 2.05) is 20.8 Å². The molecule has 0 bridgehead atoms. The van der Waals surface area contributed by atoms with Crippen LogP contribution in [0.5, 0.6) is 0 Å². The fraction of sp³-hybridized carbons (Fsp3) is 0.667. The summed E-state index contributed by atoms with van der Waals surface area (Å²) >= 11 is 2.87. The average Bonchev–Trinajstić information content (AvgIpc) is 1.62. The van der Waals surface area contributed by atoms with Gasteiger partial charge < -0.3 is 4.74 Å². The van der Waals surface area contributed by atoms with Crippen LogP contribution in [0.4, 0.5) is 0 Å². The maximum absolute atomic E-state index is 10.5. The van der Waals surface area contributed by atoms with E-state index in [-0.39, 0.29) is 31.0 Å². The molecule has 2 nitrogen and oxygen atoms in total. The Morgan fingerprint density at radius 3 is 2.00 bits per heavy atom. The summed E-state index contributed by atoms with van der Waals surface area (Å²) in [6, 6.07) is 0. The summed E-state index contributed by atoms with van der Waals surface area (Å²) in [6.07, 6.45) is 0. The molecule has 1 radical (unpaired) electrons. The third-order valence-corrected chi connectivity index (χ3v) is 0.870. The molecule has 0 spiro atoms. The van der Waals surface area contributed by atoms with Crippen molar-refractivity contribution in [2.75, 3.05) is 0 Å². The Labute approximate surface area is 82.6 Å². The smallest absolute Gasteiger partial charge is 0.322 e. The molecule has 0 aliphatic rings. The van der Waals surface area contributed by atoms with Crippen molar-refractivity contribution in [3.05, 3.63) is 5.33 Å². The largest absolute Gasteiger partial charge is 0.459 e. The first-order valence-corrected chi connectivity index (χ1v) is 3.53. The van der Waals surface area contributed by atoms with Gasteiger partial charge in [-0.05, 0) is 20.8 Å². The van der Waals surface area contributed by atoms with Crippen LogP contribution in [0.25, 0.3) is 0 Å². The second-order valence-corrected chi connectivity index (χ2v) is 3.10. The summed E-state index contributed by atoms with van der Waals surface area (Å²) in [5.41, 5.74) is -0.388. The van der Waals surface area contributed by atoms with Crippen LogP contribution >= 0.6 is 15.9 Å². The van der Waals surface area contributed by atoms with E-state index in [0.29, 0.717) is 0 Å². The zero-order chi connectivity index (χ0) is 7.49. The maximum Gasteiger partial charge on any atom is 0.322 e. The van der Waals surface area contributed by atoms with E-state index in [2.05, 4.69) is 15.9 Å². The van der Waals surface area contributed by atoms with Crippen molar-refractivity contribution >= 4 is 21.9 Å². The molecule has 0 aromatic rings. The Bertz CT molecular complexity index is 109. The van der Waals surface area contributed by atoms with Crippen LogP contribution in [0, 0.1) is 5.33 Å². The summed E-state index contributed by atoms with van der Waals surface area (Å²) in [7, 11) is 0. The fourth-order valence-electron chi connectivity index (χ4n) is 0.324. The van der Waals surface area contributed by atoms with Gasteiger partial charge in [0.2, 0.25) is 0 Å². The van der Waals surface area contributed by atoms with Gasteiger partial charge in [-0.15, -0.1) is 0 Å². The monoisotopic (exact) mass is 257 g/mol. The zero-order valence-corrected chi connectivity index (χ0v) is 11.0. The Morgan fingerprint density at radius 1 is 1.50 bits per heavy atom. The number of carbonyl (C=O) groups is 1. The summed E-state index contributed by atoms with van der Waals surface area (Å²) in [5, 5.41) is 1.22. The molecule has 4 heteroatoms. The Hall–Kier alpha value is 0.573. The summed E-state index contributed by atoms with van der Waals surface area (Å²) in [4.78, 5) is 10.5. The second kappa shape index (κ2) is 5.25. The maximum atomic E-state index is 10.5. The van der Waals surface area contributed by atoms with E-state index in [0.717, 1.165) is 0 Å². The third kappa shape index (κ3) is 8.57. The van der Waals surface area contributed by atoms with Gasteiger partial charge in [0.25, 0.3) is 0 Å². The van der Waals surface area contributed by atoms with Gasteiger partial charge in [0, 0.05) is 19.5 Å². The average molecular weight is 259 g/mol. The van der Waals surface area contributed by atoms with E-state index in [1.165, 1.54) is 5.33 Å². The molecule has 10 heavy (non-hydrogen) atoms. The van der Waals surface area contributed by atoms with Crippen LogP contribution in [0.3, 0.4) is 0 Å². The molecule has 0 atom stereocenters. The van der Waals surface area contributed by atoms with Crippen LogP contribution in [0.2, 0.25) is 0 Å². The number of rotatable bonds is 1. The van der Waals surface area contributed by atoms with E-state index >= 15 is 0 Å². The van der Waals surface area contributed by atoms with E-state index in [4.69, 9.17) is 4.74 Å². The fourth-order valence-corrected chi connectivity index (χ4v) is 0.418. The van der Waals surface area contributed by atoms with Crippen LogP contribution in [-0.4, -0.2) is 11.6 Å². The molecule has 0 aliphatic heterocycles. The second-order valence-electron chi connectivity index (χ2n) is 2.64. The minimum Gasteiger partial charge on any atom is -0.459 e. The molecule has 0 unspecified atom stereocenters. The molecule has 0 heterocycles. The SMILES string of the molecule is CC(C)(C)OC(=O)[CH]Br.[Zn]. The van der Waals surface area contributed by atoms with Gasteiger partial charge in [0.05, 0.1) is 0 Å². The van der Waals surface area contributed by atoms with Crippen molar-refractivity contribution in [3.63, 3.8) is 0 Å². The zero-order valence-electron chi connectivity index (χ0n) is 6.48. The summed E-state index contributed by atoms with van der Waals surface area (Å²) in [5.74, 6) is -0.345. The third-order valence-electron chi connectivity index (χ3n) is 0.496. The van der Waals surface area contributed by atoms with Gasteiger partial charge in [-0.3, -0.25) is 4.79 Å². The molecule has 0 amide bonds. The number of esters is 1. The van der Waals surface area contributed by atoms with Gasteiger partial charge in [0.15, 0.2) is 0 Å². The van der Waals surface area contributed by atoms with E-state index < -0.39 is 0 Å². The van der Waals surface area contributed by atoms with Crippen molar-refractivity contribution < 1.29 is 29.0 Å². The number of carbonyl (C=O) groups excluding carboxylic acids is 1. The van der Waals surface area contributed by atoms with Gasteiger partial charge in [-0.1, -0.05) is 15.9 Å². The van der Waals surface area contributed by atoms with Gasteiger partial charge in [-0.2, -0.15) is 0 Å². The number of hydrogen-bond donors (Lipinski definition) is 0. The van der Waals surface area contributed by atoms with Crippen LogP contribution in [-0.2, 0) is 29.0 Å². The van der Waals surface area contributed by atoms with Gasteiger partial charge in [-0.25, -0.2) is 0 Å². The van der Waals surface area contributed by atoms with Crippen molar-refractivity contribution in [1.29, 1.82) is 0 Å². The number of halogens is 1. The number of hydrogen-bond acceptors (Lipinski definition) is 2. The topological polar surface area (TPSA) is 26.3 Å². The molecule has 55 valence electrons. The standard InChI is InChI=1S/C6H10BrO2.Zn/c1-6(2,3)9-5(8)4-7;/h4H,1-3H3;. The molecule has 0 N–H and O–H groups in total. The Morgan fingerprint density at radius 2 is 1.90 bits per heavy atom. The molecular weight excluding hydrogens is 249 g/mol. The molecule has 0 aliphatic carbocycles. The molecular formula is C6H10BrO2Zn. The molecule has 0 saturated heterocycles.